The molecule has 1 aliphatic rings. The highest BCUT2D eigenvalue weighted by atomic mass is 32.2. The van der Waals surface area contributed by atoms with E-state index in [1.54, 1.807) is 13.1 Å². The van der Waals surface area contributed by atoms with Gasteiger partial charge in [-0.15, -0.1) is 0 Å². The number of hydrogen-bond donors (Lipinski definition) is 0. The summed E-state index contributed by atoms with van der Waals surface area (Å²) in [6, 6.07) is 31.8. The quantitative estimate of drug-likeness (QED) is 0.222. The zero-order valence-electron chi connectivity index (χ0n) is 24.6. The molecule has 42 heavy (non-hydrogen) atoms. The zero-order chi connectivity index (χ0) is 29.7. The van der Waals surface area contributed by atoms with Crippen LogP contribution in [0.15, 0.2) is 109 Å². The number of nitrogens with zero attached hydrogens (tertiary/aromatic N) is 3. The van der Waals surface area contributed by atoms with Crippen molar-refractivity contribution in [2.45, 2.75) is 50.5 Å². The molecule has 4 aromatic rings. The Hall–Kier alpha value is -3.94. The lowest BCUT2D eigenvalue weighted by Crippen LogP contribution is -2.52. The van der Waals surface area contributed by atoms with Gasteiger partial charge < -0.3 is 4.74 Å². The second kappa shape index (κ2) is 12.5. The van der Waals surface area contributed by atoms with Gasteiger partial charge in [0.1, 0.15) is 11.9 Å². The molecule has 7 heteroatoms. The molecule has 1 atom stereocenters. The summed E-state index contributed by atoms with van der Waals surface area (Å²) in [6.45, 7) is 8.50. The maximum Gasteiger partial charge on any atom is 0.420 e. The molecule has 1 aromatic heterocycles. The second-order valence-electron chi connectivity index (χ2n) is 11.5. The molecule has 0 radical (unpaired) electrons. The molecular weight excluding hydrogens is 542 g/mol. The highest BCUT2D eigenvalue weighted by molar-refractivity contribution is 8.14. The van der Waals surface area contributed by atoms with Gasteiger partial charge in [0, 0.05) is 25.3 Å². The minimum atomic E-state index is -0.638. The average molecular weight is 580 g/mol. The van der Waals surface area contributed by atoms with Gasteiger partial charge >= 0.3 is 6.09 Å². The Balaban J connectivity index is 1.65. The highest BCUT2D eigenvalue weighted by Gasteiger charge is 2.44. The van der Waals surface area contributed by atoms with Gasteiger partial charge in [-0.25, -0.2) is 14.3 Å². The minimum absolute atomic E-state index is 0.0271. The van der Waals surface area contributed by atoms with Crippen LogP contribution in [0.1, 0.15) is 56.5 Å². The van der Waals surface area contributed by atoms with Gasteiger partial charge in [-0.05, 0) is 55.5 Å². The third-order valence-corrected chi connectivity index (χ3v) is 8.55. The monoisotopic (exact) mass is 579 g/mol. The Labute approximate surface area is 252 Å². The Bertz CT molecular complexity index is 1450. The predicted octanol–water partition coefficient (Wildman–Crippen LogP) is 7.40. The Morgan fingerprint density at radius 3 is 1.88 bits per heavy atom. The Morgan fingerprint density at radius 2 is 1.40 bits per heavy atom. The van der Waals surface area contributed by atoms with Gasteiger partial charge in [-0.3, -0.25) is 9.69 Å². The summed E-state index contributed by atoms with van der Waals surface area (Å²) in [4.78, 5) is 32.2. The smallest absolute Gasteiger partial charge is 0.420 e. The van der Waals surface area contributed by atoms with Crippen LogP contribution in [-0.4, -0.2) is 49.6 Å². The number of hydrogen-bond acceptors (Lipinski definition) is 6. The number of imidazole rings is 1. The van der Waals surface area contributed by atoms with Gasteiger partial charge in [-0.2, -0.15) is 0 Å². The summed E-state index contributed by atoms with van der Waals surface area (Å²) in [7, 11) is 0. The number of carbonyl (C=O) groups excluding carboxylic acids is 2. The lowest BCUT2D eigenvalue weighted by molar-refractivity contribution is -0.109. The van der Waals surface area contributed by atoms with Crippen LogP contribution in [0.5, 0.6) is 0 Å². The van der Waals surface area contributed by atoms with Crippen LogP contribution < -0.4 is 0 Å². The predicted molar refractivity (Wildman–Crippen MR) is 169 cm³/mol. The fourth-order valence-electron chi connectivity index (χ4n) is 5.77. The van der Waals surface area contributed by atoms with E-state index in [1.807, 2.05) is 45.0 Å². The molecule has 0 saturated carbocycles. The Morgan fingerprint density at radius 1 is 0.881 bits per heavy atom. The summed E-state index contributed by atoms with van der Waals surface area (Å²) in [5, 5.41) is 0.0428. The number of ether oxygens (including phenoxy) is 1. The molecule has 216 valence electrons. The van der Waals surface area contributed by atoms with Gasteiger partial charge in [-0.1, -0.05) is 103 Å². The molecule has 0 bridgehead atoms. The van der Waals surface area contributed by atoms with Crippen LogP contribution in [-0.2, 0) is 15.1 Å². The van der Waals surface area contributed by atoms with Crippen LogP contribution in [0.4, 0.5) is 4.79 Å². The fourth-order valence-corrected chi connectivity index (χ4v) is 6.69. The number of likely N-dealkylation sites (tertiary alicyclic amines) is 1. The molecule has 5 rings (SSSR count). The molecule has 1 unspecified atom stereocenters. The van der Waals surface area contributed by atoms with Gasteiger partial charge in [0.15, 0.2) is 5.12 Å². The first-order valence-corrected chi connectivity index (χ1v) is 15.1. The number of rotatable bonds is 6. The third-order valence-electron chi connectivity index (χ3n) is 7.40. The molecule has 1 saturated heterocycles. The maximum absolute atomic E-state index is 13.0. The molecule has 1 aliphatic heterocycles. The molecule has 0 aliphatic carbocycles. The van der Waals surface area contributed by atoms with Crippen molar-refractivity contribution in [3.8, 4) is 0 Å². The molecule has 0 N–H and O–H groups in total. The molecule has 0 amide bonds. The fraction of sp³-hybridized carbons (Fsp3) is 0.286. The lowest BCUT2D eigenvalue weighted by Gasteiger charge is -2.49. The number of benzene rings is 3. The molecule has 3 aromatic carbocycles. The van der Waals surface area contributed by atoms with Crippen molar-refractivity contribution in [1.82, 2.24) is 14.5 Å². The summed E-state index contributed by atoms with van der Waals surface area (Å²) >= 11 is 1.35. The first kappa shape index (κ1) is 29.5. The first-order chi connectivity index (χ1) is 20.2. The SMILES string of the molecule is CC(=O)SC1CCN(C(c2ccccc2)(c2ccccc2)c2ccccc2)C/C1=C\c1cncn1C(=O)OC(C)(C)C. The van der Waals surface area contributed by atoms with Crippen molar-refractivity contribution < 1.29 is 14.3 Å². The molecule has 6 nitrogen and oxygen atoms in total. The molecular formula is C35H37N3O3S. The normalized spacial score (nSPS) is 17.2. The average Bonchev–Trinajstić information content (AvgIpc) is 3.44. The van der Waals surface area contributed by atoms with Crippen LogP contribution >= 0.6 is 11.8 Å². The lowest BCUT2D eigenvalue weighted by atomic mass is 9.74. The molecule has 1 fully saturated rings. The van der Waals surface area contributed by atoms with E-state index in [4.69, 9.17) is 4.74 Å². The van der Waals surface area contributed by atoms with E-state index in [2.05, 4.69) is 82.7 Å². The third kappa shape index (κ3) is 6.27. The summed E-state index contributed by atoms with van der Waals surface area (Å²) in [5.41, 5.74) is 3.95. The maximum atomic E-state index is 13.0. The van der Waals surface area contributed by atoms with Gasteiger partial charge in [0.05, 0.1) is 17.4 Å². The summed E-state index contributed by atoms with van der Waals surface area (Å²) in [6.07, 6.45) is 5.45. The molecule has 2 heterocycles. The van der Waals surface area contributed by atoms with E-state index >= 15 is 0 Å². The van der Waals surface area contributed by atoms with Crippen molar-refractivity contribution in [1.29, 1.82) is 0 Å². The van der Waals surface area contributed by atoms with Gasteiger partial charge in [0.25, 0.3) is 0 Å². The van der Waals surface area contributed by atoms with E-state index in [0.717, 1.165) is 18.5 Å². The van der Waals surface area contributed by atoms with Crippen molar-refractivity contribution in [3.63, 3.8) is 0 Å². The second-order valence-corrected chi connectivity index (χ2v) is 12.9. The van der Waals surface area contributed by atoms with Crippen molar-refractivity contribution in [2.75, 3.05) is 13.1 Å². The van der Waals surface area contributed by atoms with Crippen molar-refractivity contribution >= 4 is 29.0 Å². The van der Waals surface area contributed by atoms with Gasteiger partial charge in [0.2, 0.25) is 0 Å². The van der Waals surface area contributed by atoms with Crippen LogP contribution in [0.25, 0.3) is 6.08 Å². The van der Waals surface area contributed by atoms with E-state index in [9.17, 15) is 9.59 Å². The number of thioether (sulfide) groups is 1. The van der Waals surface area contributed by atoms with Crippen molar-refractivity contribution in [3.05, 3.63) is 131 Å². The van der Waals surface area contributed by atoms with Crippen molar-refractivity contribution in [2.24, 2.45) is 0 Å². The standard InChI is InChI=1S/C35H37N3O3S/c1-26(39)42-32-20-21-37(24-27(32)22-31-23-36-25-38(31)33(40)41-34(2,3)4)35(28-14-8-5-9-15-28,29-16-10-6-11-17-29)30-18-12-7-13-19-30/h5-19,22-23,25,32H,20-21,24H2,1-4H3/b27-22+. The number of aromatic nitrogens is 2. The summed E-state index contributed by atoms with van der Waals surface area (Å²) in [5.74, 6) is 0. The Kier molecular flexibility index (Phi) is 8.80. The van der Waals surface area contributed by atoms with Crippen LogP contribution in [0, 0.1) is 0 Å². The number of piperidine rings is 1. The molecule has 0 spiro atoms. The topological polar surface area (TPSA) is 64.4 Å². The zero-order valence-corrected chi connectivity index (χ0v) is 25.4. The first-order valence-electron chi connectivity index (χ1n) is 14.2. The van der Waals surface area contributed by atoms with E-state index in [-0.39, 0.29) is 10.4 Å². The van der Waals surface area contributed by atoms with E-state index in [0.29, 0.717) is 12.2 Å². The van der Waals surface area contributed by atoms with Crippen LogP contribution in [0.2, 0.25) is 0 Å². The highest BCUT2D eigenvalue weighted by Crippen LogP contribution is 2.45. The minimum Gasteiger partial charge on any atom is -0.443 e. The largest absolute Gasteiger partial charge is 0.443 e. The summed E-state index contributed by atoms with van der Waals surface area (Å²) < 4.78 is 7.07. The van der Waals surface area contributed by atoms with E-state index in [1.165, 1.54) is 39.3 Å². The van der Waals surface area contributed by atoms with E-state index < -0.39 is 17.2 Å². The van der Waals surface area contributed by atoms with Crippen LogP contribution in [0.3, 0.4) is 0 Å². The number of carbonyl (C=O) groups is 2.